The van der Waals surface area contributed by atoms with E-state index in [9.17, 15) is 9.90 Å². The maximum atomic E-state index is 12.5. The summed E-state index contributed by atoms with van der Waals surface area (Å²) < 4.78 is 7.06. The summed E-state index contributed by atoms with van der Waals surface area (Å²) in [6, 6.07) is 7.31. The molecule has 0 aliphatic carbocycles. The highest BCUT2D eigenvalue weighted by atomic mass is 16.5. The highest BCUT2D eigenvalue weighted by Gasteiger charge is 2.34. The van der Waals surface area contributed by atoms with E-state index in [-0.39, 0.29) is 12.0 Å². The first-order chi connectivity index (χ1) is 11.2. The fraction of sp³-hybridized carbons (Fsp3) is 0.467. The summed E-state index contributed by atoms with van der Waals surface area (Å²) in [6.45, 7) is 3.67. The van der Waals surface area contributed by atoms with Crippen LogP contribution in [0.2, 0.25) is 0 Å². The van der Waals surface area contributed by atoms with Crippen LogP contribution in [0.15, 0.2) is 30.6 Å². The van der Waals surface area contributed by atoms with Crippen molar-refractivity contribution in [2.75, 3.05) is 19.7 Å². The van der Waals surface area contributed by atoms with Gasteiger partial charge in [-0.3, -0.25) is 4.79 Å². The van der Waals surface area contributed by atoms with Crippen molar-refractivity contribution in [3.8, 4) is 0 Å². The number of β-amino-alcohol motifs (C(OH)–C–C–N with tert-alkyl or cyclic N) is 1. The van der Waals surface area contributed by atoms with Gasteiger partial charge in [0.1, 0.15) is 12.4 Å². The number of carbonyl (C=O) groups excluding carboxylic acids is 1. The molecular weight excluding hydrogens is 298 g/mol. The number of rotatable bonds is 5. The molecule has 1 aliphatic heterocycles. The van der Waals surface area contributed by atoms with E-state index in [0.29, 0.717) is 31.8 Å². The molecule has 3 rings (SSSR count). The summed E-state index contributed by atoms with van der Waals surface area (Å²) >= 11 is 0. The van der Waals surface area contributed by atoms with Crippen molar-refractivity contribution in [2.45, 2.75) is 25.7 Å². The number of hydrogen-bond acceptors (Lipinski definition) is 6. The van der Waals surface area contributed by atoms with Crippen molar-refractivity contribution in [3.05, 3.63) is 41.7 Å². The zero-order valence-electron chi connectivity index (χ0n) is 12.9. The van der Waals surface area contributed by atoms with Crippen LogP contribution in [0.25, 0.3) is 0 Å². The zero-order valence-corrected chi connectivity index (χ0v) is 12.9. The SMILES string of the molecule is CCO[C@@H]1CN(C(=O)c2ccc(Cn3cnnn3)cc2)C[C@H]1O. The standard InChI is InChI=1S/C15H19N5O3/c1-2-23-14-9-19(8-13(14)21)15(22)12-5-3-11(4-6-12)7-20-10-16-17-18-20/h3-6,10,13-14,21H,2,7-9H2,1H3/t13-,14-/m1/s1. The normalized spacial score (nSPS) is 20.9. The minimum absolute atomic E-state index is 0.0970. The Morgan fingerprint density at radius 3 is 2.78 bits per heavy atom. The van der Waals surface area contributed by atoms with Crippen molar-refractivity contribution in [1.29, 1.82) is 0 Å². The molecule has 0 saturated carbocycles. The van der Waals surface area contributed by atoms with Gasteiger partial charge < -0.3 is 14.7 Å². The van der Waals surface area contributed by atoms with Crippen LogP contribution in [0.3, 0.4) is 0 Å². The molecule has 1 N–H and O–H groups in total. The molecule has 1 amide bonds. The molecule has 0 spiro atoms. The number of amides is 1. The number of hydrogen-bond donors (Lipinski definition) is 1. The Morgan fingerprint density at radius 1 is 1.35 bits per heavy atom. The molecule has 0 radical (unpaired) electrons. The molecule has 1 aliphatic rings. The third-order valence-corrected chi connectivity index (χ3v) is 3.84. The fourth-order valence-electron chi connectivity index (χ4n) is 2.68. The lowest BCUT2D eigenvalue weighted by atomic mass is 10.1. The number of tetrazole rings is 1. The number of aliphatic hydroxyl groups is 1. The van der Waals surface area contributed by atoms with Gasteiger partial charge in [-0.05, 0) is 35.0 Å². The van der Waals surface area contributed by atoms with Gasteiger partial charge >= 0.3 is 0 Å². The quantitative estimate of drug-likeness (QED) is 0.830. The third kappa shape index (κ3) is 3.54. The highest BCUT2D eigenvalue weighted by Crippen LogP contribution is 2.17. The van der Waals surface area contributed by atoms with Gasteiger partial charge in [-0.25, -0.2) is 4.68 Å². The van der Waals surface area contributed by atoms with Crippen molar-refractivity contribution in [3.63, 3.8) is 0 Å². The largest absolute Gasteiger partial charge is 0.388 e. The molecule has 1 aromatic heterocycles. The third-order valence-electron chi connectivity index (χ3n) is 3.84. The number of aliphatic hydroxyl groups excluding tert-OH is 1. The van der Waals surface area contributed by atoms with Crippen LogP contribution in [0.1, 0.15) is 22.8 Å². The number of aromatic nitrogens is 4. The molecule has 0 unspecified atom stereocenters. The second-order valence-corrected chi connectivity index (χ2v) is 5.48. The van der Waals surface area contributed by atoms with Crippen LogP contribution in [0.5, 0.6) is 0 Å². The van der Waals surface area contributed by atoms with E-state index in [0.717, 1.165) is 5.56 Å². The molecule has 8 nitrogen and oxygen atoms in total. The number of benzene rings is 1. The summed E-state index contributed by atoms with van der Waals surface area (Å²) in [6.07, 6.45) is 0.611. The molecule has 2 atom stereocenters. The first-order valence-corrected chi connectivity index (χ1v) is 7.56. The van der Waals surface area contributed by atoms with Gasteiger partial charge in [-0.1, -0.05) is 12.1 Å². The van der Waals surface area contributed by atoms with Crippen LogP contribution in [-0.4, -0.2) is 68.0 Å². The Hall–Kier alpha value is -2.32. The molecule has 122 valence electrons. The molecule has 23 heavy (non-hydrogen) atoms. The van der Waals surface area contributed by atoms with Gasteiger partial charge in [0.25, 0.3) is 5.91 Å². The van der Waals surface area contributed by atoms with Crippen LogP contribution < -0.4 is 0 Å². The van der Waals surface area contributed by atoms with Gasteiger partial charge in [0.05, 0.1) is 12.6 Å². The molecule has 2 aromatic rings. The van der Waals surface area contributed by atoms with Crippen LogP contribution in [0.4, 0.5) is 0 Å². The Morgan fingerprint density at radius 2 is 2.13 bits per heavy atom. The number of likely N-dealkylation sites (tertiary alicyclic amines) is 1. The number of carbonyl (C=O) groups is 1. The Labute approximate surface area is 133 Å². The number of nitrogens with zero attached hydrogens (tertiary/aromatic N) is 5. The summed E-state index contributed by atoms with van der Waals surface area (Å²) in [7, 11) is 0. The van der Waals surface area contributed by atoms with Crippen molar-refractivity contribution >= 4 is 5.91 Å². The van der Waals surface area contributed by atoms with Crippen molar-refractivity contribution in [1.82, 2.24) is 25.1 Å². The Bertz CT molecular complexity index is 644. The highest BCUT2D eigenvalue weighted by molar-refractivity contribution is 5.94. The van der Waals surface area contributed by atoms with Gasteiger partial charge in [-0.2, -0.15) is 0 Å². The molecule has 1 aromatic carbocycles. The van der Waals surface area contributed by atoms with E-state index >= 15 is 0 Å². The van der Waals surface area contributed by atoms with Crippen LogP contribution in [0, 0.1) is 0 Å². The Balaban J connectivity index is 1.64. The van der Waals surface area contributed by atoms with Crippen LogP contribution in [-0.2, 0) is 11.3 Å². The van der Waals surface area contributed by atoms with Gasteiger partial charge in [0.15, 0.2) is 0 Å². The van der Waals surface area contributed by atoms with Crippen LogP contribution >= 0.6 is 0 Å². The molecule has 2 heterocycles. The summed E-state index contributed by atoms with van der Waals surface area (Å²) in [4.78, 5) is 14.1. The summed E-state index contributed by atoms with van der Waals surface area (Å²) in [5, 5.41) is 20.9. The molecule has 0 bridgehead atoms. The van der Waals surface area contributed by atoms with Crippen molar-refractivity contribution < 1.29 is 14.6 Å². The molecular formula is C15H19N5O3. The van der Waals surface area contributed by atoms with Gasteiger partial charge in [0, 0.05) is 25.3 Å². The topological polar surface area (TPSA) is 93.4 Å². The van der Waals surface area contributed by atoms with Gasteiger partial charge in [0.2, 0.25) is 0 Å². The zero-order chi connectivity index (χ0) is 16.2. The average Bonchev–Trinajstić information content (AvgIpc) is 3.18. The second-order valence-electron chi connectivity index (χ2n) is 5.48. The van der Waals surface area contributed by atoms with E-state index in [2.05, 4.69) is 15.5 Å². The Kier molecular flexibility index (Phi) is 4.63. The number of ether oxygens (including phenoxy) is 1. The monoisotopic (exact) mass is 317 g/mol. The molecule has 1 fully saturated rings. The van der Waals surface area contributed by atoms with E-state index in [1.807, 2.05) is 19.1 Å². The van der Waals surface area contributed by atoms with E-state index in [1.54, 1.807) is 28.0 Å². The predicted molar refractivity (Wildman–Crippen MR) is 80.7 cm³/mol. The lowest BCUT2D eigenvalue weighted by Gasteiger charge is -2.16. The molecule has 1 saturated heterocycles. The van der Waals surface area contributed by atoms with Gasteiger partial charge in [-0.15, -0.1) is 5.10 Å². The van der Waals surface area contributed by atoms with E-state index < -0.39 is 6.10 Å². The lowest BCUT2D eigenvalue weighted by molar-refractivity contribution is -0.00237. The maximum Gasteiger partial charge on any atom is 0.254 e. The van der Waals surface area contributed by atoms with E-state index in [1.165, 1.54) is 0 Å². The fourth-order valence-corrected chi connectivity index (χ4v) is 2.68. The molecule has 8 heteroatoms. The summed E-state index contributed by atoms with van der Waals surface area (Å²) in [5.74, 6) is -0.0970. The minimum Gasteiger partial charge on any atom is -0.388 e. The smallest absolute Gasteiger partial charge is 0.254 e. The maximum absolute atomic E-state index is 12.5. The van der Waals surface area contributed by atoms with E-state index in [4.69, 9.17) is 4.74 Å². The lowest BCUT2D eigenvalue weighted by Crippen LogP contribution is -2.30. The minimum atomic E-state index is -0.627. The average molecular weight is 317 g/mol. The summed E-state index contributed by atoms with van der Waals surface area (Å²) in [5.41, 5.74) is 1.59. The first-order valence-electron chi connectivity index (χ1n) is 7.56. The second kappa shape index (κ2) is 6.84. The van der Waals surface area contributed by atoms with Crippen molar-refractivity contribution in [2.24, 2.45) is 0 Å². The predicted octanol–water partition coefficient (Wildman–Crippen LogP) is -0.0568. The first kappa shape index (κ1) is 15.6.